The molecule has 5 N–H and O–H groups in total. The molecule has 1 aromatic heterocycles. The quantitative estimate of drug-likeness (QED) is 0.568. The summed E-state index contributed by atoms with van der Waals surface area (Å²) in [6, 6.07) is 0. The second kappa shape index (κ2) is 5.80. The minimum absolute atomic E-state index is 0.118. The Balaban J connectivity index is 2.70. The van der Waals surface area contributed by atoms with Crippen molar-refractivity contribution in [3.63, 3.8) is 0 Å². The lowest BCUT2D eigenvalue weighted by atomic mass is 10.1. The minimum atomic E-state index is -3.35. The Morgan fingerprint density at radius 3 is 2.50 bits per heavy atom. The predicted octanol–water partition coefficient (Wildman–Crippen LogP) is -0.388. The van der Waals surface area contributed by atoms with Gasteiger partial charge in [-0.15, -0.1) is 0 Å². The molecule has 0 aromatic carbocycles. The lowest BCUT2D eigenvalue weighted by Crippen LogP contribution is -2.51. The molecule has 1 amide bonds. The second-order valence-corrected chi connectivity index (χ2v) is 7.01. The first kappa shape index (κ1) is 16.4. The Labute approximate surface area is 118 Å². The maximum Gasteiger partial charge on any atom is 0.274 e. The van der Waals surface area contributed by atoms with Crippen molar-refractivity contribution in [3.05, 3.63) is 11.4 Å². The number of carbonyl (C=O) groups excluding carboxylic acids is 1. The molecular weight excluding hydrogens is 282 g/mol. The van der Waals surface area contributed by atoms with Crippen molar-refractivity contribution >= 4 is 21.6 Å². The van der Waals surface area contributed by atoms with E-state index >= 15 is 0 Å². The van der Waals surface area contributed by atoms with Gasteiger partial charge in [-0.3, -0.25) is 9.89 Å². The van der Waals surface area contributed by atoms with Gasteiger partial charge >= 0.3 is 0 Å². The third-order valence-electron chi connectivity index (χ3n) is 2.60. The van der Waals surface area contributed by atoms with Crippen LogP contribution in [0.15, 0.2) is 0 Å². The number of anilines is 1. The van der Waals surface area contributed by atoms with E-state index in [1.54, 1.807) is 13.8 Å². The van der Waals surface area contributed by atoms with Crippen LogP contribution in [0, 0.1) is 0 Å². The Kier molecular flexibility index (Phi) is 4.77. The van der Waals surface area contributed by atoms with Gasteiger partial charge < -0.3 is 11.1 Å². The highest BCUT2D eigenvalue weighted by Crippen LogP contribution is 2.14. The lowest BCUT2D eigenvalue weighted by molar-refractivity contribution is 0.0940. The number of nitrogens with two attached hydrogens (primary N) is 1. The van der Waals surface area contributed by atoms with E-state index in [9.17, 15) is 13.2 Å². The van der Waals surface area contributed by atoms with Crippen LogP contribution < -0.4 is 15.8 Å². The average molecular weight is 303 g/mol. The van der Waals surface area contributed by atoms with Crippen molar-refractivity contribution in [1.29, 1.82) is 0 Å². The first-order chi connectivity index (χ1) is 9.06. The first-order valence-corrected chi connectivity index (χ1v) is 8.04. The number of nitrogen functional groups attached to an aromatic ring is 1. The summed E-state index contributed by atoms with van der Waals surface area (Å²) in [5, 5.41) is 9.17. The number of sulfonamides is 1. The maximum atomic E-state index is 12.0. The molecule has 0 radical (unpaired) electrons. The molecule has 20 heavy (non-hydrogen) atoms. The van der Waals surface area contributed by atoms with Gasteiger partial charge in [-0.25, -0.2) is 13.1 Å². The highest BCUT2D eigenvalue weighted by molar-refractivity contribution is 7.88. The van der Waals surface area contributed by atoms with Gasteiger partial charge in [0.05, 0.1) is 17.6 Å². The summed E-state index contributed by atoms with van der Waals surface area (Å²) in [6.45, 7) is 5.34. The lowest BCUT2D eigenvalue weighted by Gasteiger charge is -2.25. The van der Waals surface area contributed by atoms with Crippen molar-refractivity contribution in [2.45, 2.75) is 32.7 Å². The smallest absolute Gasteiger partial charge is 0.274 e. The highest BCUT2D eigenvalue weighted by atomic mass is 32.2. The molecule has 114 valence electrons. The first-order valence-electron chi connectivity index (χ1n) is 6.15. The molecule has 0 aliphatic heterocycles. The third kappa shape index (κ3) is 4.49. The summed E-state index contributed by atoms with van der Waals surface area (Å²) in [7, 11) is -3.35. The molecule has 1 rings (SSSR count). The van der Waals surface area contributed by atoms with E-state index in [0.29, 0.717) is 17.8 Å². The van der Waals surface area contributed by atoms with Gasteiger partial charge in [-0.05, 0) is 20.3 Å². The highest BCUT2D eigenvalue weighted by Gasteiger charge is 2.24. The van der Waals surface area contributed by atoms with Gasteiger partial charge in [0.1, 0.15) is 0 Å². The molecule has 1 heterocycles. The number of aromatic amines is 1. The number of nitrogens with one attached hydrogen (secondary N) is 3. The Morgan fingerprint density at radius 1 is 1.45 bits per heavy atom. The van der Waals surface area contributed by atoms with Gasteiger partial charge in [0.25, 0.3) is 5.91 Å². The average Bonchev–Trinajstić information content (AvgIpc) is 2.64. The van der Waals surface area contributed by atoms with Gasteiger partial charge in [-0.2, -0.15) is 5.10 Å². The van der Waals surface area contributed by atoms with E-state index in [1.165, 1.54) is 0 Å². The Morgan fingerprint density at radius 2 is 2.05 bits per heavy atom. The fourth-order valence-electron chi connectivity index (χ4n) is 1.75. The van der Waals surface area contributed by atoms with E-state index in [4.69, 9.17) is 5.73 Å². The maximum absolute atomic E-state index is 12.0. The van der Waals surface area contributed by atoms with Crippen molar-refractivity contribution in [3.8, 4) is 0 Å². The van der Waals surface area contributed by atoms with E-state index in [-0.39, 0.29) is 12.2 Å². The zero-order valence-electron chi connectivity index (χ0n) is 12.1. The summed E-state index contributed by atoms with van der Waals surface area (Å²) >= 11 is 0. The zero-order valence-corrected chi connectivity index (χ0v) is 12.9. The molecule has 9 heteroatoms. The number of amides is 1. The number of aromatic nitrogens is 2. The largest absolute Gasteiger partial charge is 0.395 e. The van der Waals surface area contributed by atoms with Crippen LogP contribution in [0.1, 0.15) is 37.0 Å². The van der Waals surface area contributed by atoms with E-state index in [1.807, 2.05) is 6.92 Å². The summed E-state index contributed by atoms with van der Waals surface area (Å²) in [6.07, 6.45) is 1.71. The normalized spacial score (nSPS) is 12.4. The van der Waals surface area contributed by atoms with Crippen LogP contribution in [0.2, 0.25) is 0 Å². The van der Waals surface area contributed by atoms with Crippen LogP contribution in [-0.4, -0.2) is 42.9 Å². The number of H-pyrrole nitrogens is 1. The molecule has 0 saturated carbocycles. The zero-order chi connectivity index (χ0) is 15.6. The minimum Gasteiger partial charge on any atom is -0.395 e. The predicted molar refractivity (Wildman–Crippen MR) is 76.8 cm³/mol. The standard InChI is InChI=1S/C11H21N5O3S/c1-5-7-8(12)9(15-14-7)10(17)13-6-11(2,3)16-20(4,18)19/h16H,5-6,12H2,1-4H3,(H,13,17)(H,14,15). The van der Waals surface area contributed by atoms with Crippen molar-refractivity contribution in [1.82, 2.24) is 20.2 Å². The molecule has 0 saturated heterocycles. The fraction of sp³-hybridized carbons (Fsp3) is 0.636. The van der Waals surface area contributed by atoms with Gasteiger partial charge in [0, 0.05) is 12.1 Å². The SMILES string of the molecule is CCc1[nH]nc(C(=O)NCC(C)(C)NS(C)(=O)=O)c1N. The van der Waals surface area contributed by atoms with Crippen LogP contribution in [0.5, 0.6) is 0 Å². The molecular formula is C11H21N5O3S. The summed E-state index contributed by atoms with van der Waals surface area (Å²) in [5.74, 6) is -0.443. The second-order valence-electron chi connectivity index (χ2n) is 5.26. The number of aryl methyl sites for hydroxylation is 1. The molecule has 1 aromatic rings. The molecule has 0 aliphatic rings. The summed E-state index contributed by atoms with van der Waals surface area (Å²) < 4.78 is 24.8. The molecule has 0 bridgehead atoms. The molecule has 8 nitrogen and oxygen atoms in total. The van der Waals surface area contributed by atoms with Crippen molar-refractivity contribution in [2.24, 2.45) is 0 Å². The molecule has 0 unspecified atom stereocenters. The number of carbonyl (C=O) groups is 1. The van der Waals surface area contributed by atoms with Crippen LogP contribution in [0.25, 0.3) is 0 Å². The van der Waals surface area contributed by atoms with Crippen LogP contribution in [-0.2, 0) is 16.4 Å². The monoisotopic (exact) mass is 303 g/mol. The van der Waals surface area contributed by atoms with Crippen LogP contribution in [0.3, 0.4) is 0 Å². The number of hydrogen-bond donors (Lipinski definition) is 4. The number of rotatable bonds is 6. The van der Waals surface area contributed by atoms with Crippen LogP contribution in [0.4, 0.5) is 5.69 Å². The van der Waals surface area contributed by atoms with E-state index in [2.05, 4.69) is 20.2 Å². The molecule has 0 aliphatic carbocycles. The van der Waals surface area contributed by atoms with Gasteiger partial charge in [0.15, 0.2) is 5.69 Å². The summed E-state index contributed by atoms with van der Waals surface area (Å²) in [5.41, 5.74) is 6.12. The van der Waals surface area contributed by atoms with Crippen LogP contribution >= 0.6 is 0 Å². The third-order valence-corrected chi connectivity index (χ3v) is 3.53. The van der Waals surface area contributed by atoms with E-state index < -0.39 is 21.5 Å². The topological polar surface area (TPSA) is 130 Å². The number of nitrogens with zero attached hydrogens (tertiary/aromatic N) is 1. The van der Waals surface area contributed by atoms with Gasteiger partial charge in [-0.1, -0.05) is 6.92 Å². The summed E-state index contributed by atoms with van der Waals surface area (Å²) in [4.78, 5) is 12.0. The van der Waals surface area contributed by atoms with Crippen molar-refractivity contribution in [2.75, 3.05) is 18.5 Å². The Hall–Kier alpha value is -1.61. The van der Waals surface area contributed by atoms with Gasteiger partial charge in [0.2, 0.25) is 10.0 Å². The number of hydrogen-bond acceptors (Lipinski definition) is 5. The Bertz CT molecular complexity index is 591. The molecule has 0 fully saturated rings. The van der Waals surface area contributed by atoms with Crippen molar-refractivity contribution < 1.29 is 13.2 Å². The fourth-order valence-corrected chi connectivity index (χ4v) is 2.83. The van der Waals surface area contributed by atoms with E-state index in [0.717, 1.165) is 6.26 Å². The molecule has 0 atom stereocenters. The molecule has 0 spiro atoms.